The zero-order valence-corrected chi connectivity index (χ0v) is 16.3. The predicted octanol–water partition coefficient (Wildman–Crippen LogP) is 3.05. The van der Waals surface area contributed by atoms with Gasteiger partial charge in [0.25, 0.3) is 5.65 Å². The molecular formula is C21H14F2N5O4+. The van der Waals surface area contributed by atoms with Crippen molar-refractivity contribution >= 4 is 16.9 Å². The Hall–Kier alpha value is -4.54. The molecule has 0 spiro atoms. The van der Waals surface area contributed by atoms with Crippen molar-refractivity contribution in [1.82, 2.24) is 19.5 Å². The Balaban J connectivity index is 1.86. The van der Waals surface area contributed by atoms with Crippen LogP contribution < -0.4 is 4.98 Å². The number of nitrogens with zero attached hydrogens (tertiary/aromatic N) is 3. The molecule has 0 bridgehead atoms. The molecule has 4 heterocycles. The molecule has 4 aromatic heterocycles. The molecule has 0 radical (unpaired) electrons. The Morgan fingerprint density at radius 1 is 1.22 bits per heavy atom. The molecule has 32 heavy (non-hydrogen) atoms. The molecule has 5 rings (SSSR count). The molecule has 0 amide bonds. The van der Waals surface area contributed by atoms with Crippen LogP contribution in [0.3, 0.4) is 0 Å². The summed E-state index contributed by atoms with van der Waals surface area (Å²) in [6.07, 6.45) is 2.87. The van der Waals surface area contributed by atoms with Crippen molar-refractivity contribution < 1.29 is 33.2 Å². The van der Waals surface area contributed by atoms with Gasteiger partial charge < -0.3 is 19.6 Å². The maximum absolute atomic E-state index is 14.8. The smallest absolute Gasteiger partial charge is 0.406 e. The number of benzene rings is 1. The van der Waals surface area contributed by atoms with Gasteiger partial charge in [0.2, 0.25) is 11.5 Å². The van der Waals surface area contributed by atoms with E-state index in [2.05, 4.69) is 19.9 Å². The van der Waals surface area contributed by atoms with E-state index in [1.165, 1.54) is 36.8 Å². The third-order valence-corrected chi connectivity index (χ3v) is 4.94. The Labute approximate surface area is 177 Å². The molecule has 9 nitrogen and oxygen atoms in total. The van der Waals surface area contributed by atoms with E-state index in [1.54, 1.807) is 6.92 Å². The molecule has 1 aromatic carbocycles. The third kappa shape index (κ3) is 2.82. The predicted molar refractivity (Wildman–Crippen MR) is 105 cm³/mol. The first kappa shape index (κ1) is 19.4. The van der Waals surface area contributed by atoms with Crippen LogP contribution in [0.25, 0.3) is 28.4 Å². The van der Waals surface area contributed by atoms with E-state index in [0.29, 0.717) is 11.3 Å². The van der Waals surface area contributed by atoms with Crippen molar-refractivity contribution in [3.63, 3.8) is 0 Å². The number of aryl methyl sites for hydroxylation is 1. The maximum Gasteiger partial charge on any atom is 0.406 e. The van der Waals surface area contributed by atoms with Crippen molar-refractivity contribution in [2.45, 2.75) is 6.92 Å². The van der Waals surface area contributed by atoms with E-state index in [4.69, 9.17) is 4.42 Å². The van der Waals surface area contributed by atoms with Crippen LogP contribution in [0.4, 0.5) is 8.78 Å². The summed E-state index contributed by atoms with van der Waals surface area (Å²) in [7, 11) is 0. The van der Waals surface area contributed by atoms with E-state index in [-0.39, 0.29) is 28.6 Å². The average molecular weight is 438 g/mol. The fourth-order valence-electron chi connectivity index (χ4n) is 3.47. The minimum Gasteiger partial charge on any atom is -0.501 e. The highest BCUT2D eigenvalue weighted by Gasteiger charge is 2.37. The van der Waals surface area contributed by atoms with E-state index in [1.807, 2.05) is 0 Å². The summed E-state index contributed by atoms with van der Waals surface area (Å²) in [6.45, 7) is 1.62. The summed E-state index contributed by atoms with van der Waals surface area (Å²) in [6, 6.07) is 6.25. The Bertz CT molecular complexity index is 1520. The molecule has 0 saturated heterocycles. The number of aromatic hydroxyl groups is 2. The number of nitrogens with one attached hydrogen (secondary N) is 2. The SMILES string of the molecule is Cc1ccc(C(=O)c2c(O)c(O)n(-c3nc4nc[nH]c4c[nH+]3)c2-c2cccc(F)c2F)o1. The lowest BCUT2D eigenvalue weighted by Crippen LogP contribution is -2.17. The van der Waals surface area contributed by atoms with Gasteiger partial charge in [-0.3, -0.25) is 4.79 Å². The highest BCUT2D eigenvalue weighted by Crippen LogP contribution is 2.44. The second kappa shape index (κ2) is 7.01. The molecule has 0 fully saturated rings. The van der Waals surface area contributed by atoms with Crippen LogP contribution in [0.2, 0.25) is 0 Å². The number of hydrogen-bond donors (Lipinski definition) is 3. The minimum absolute atomic E-state index is 0.106. The molecule has 0 atom stereocenters. The van der Waals surface area contributed by atoms with Gasteiger partial charge in [-0.1, -0.05) is 6.07 Å². The highest BCUT2D eigenvalue weighted by atomic mass is 19.2. The first-order valence-corrected chi connectivity index (χ1v) is 9.31. The van der Waals surface area contributed by atoms with Crippen LogP contribution in [0.15, 0.2) is 47.3 Å². The van der Waals surface area contributed by atoms with Crippen LogP contribution >= 0.6 is 0 Å². The lowest BCUT2D eigenvalue weighted by molar-refractivity contribution is -0.375. The fraction of sp³-hybridized carbons (Fsp3) is 0.0476. The second-order valence-electron chi connectivity index (χ2n) is 6.94. The minimum atomic E-state index is -1.28. The normalized spacial score (nSPS) is 11.3. The van der Waals surface area contributed by atoms with Gasteiger partial charge in [0, 0.05) is 0 Å². The van der Waals surface area contributed by atoms with Crippen molar-refractivity contribution in [3.05, 3.63) is 71.6 Å². The summed E-state index contributed by atoms with van der Waals surface area (Å²) >= 11 is 0. The number of aromatic amines is 2. The number of ketones is 1. The molecule has 11 heteroatoms. The molecule has 4 N–H and O–H groups in total. The topological polar surface area (TPSA) is 131 Å². The number of halogens is 2. The second-order valence-corrected chi connectivity index (χ2v) is 6.94. The lowest BCUT2D eigenvalue weighted by atomic mass is 10.0. The number of rotatable bonds is 4. The Morgan fingerprint density at radius 2 is 2.03 bits per heavy atom. The Morgan fingerprint density at radius 3 is 2.78 bits per heavy atom. The molecule has 0 unspecified atom stereocenters. The van der Waals surface area contributed by atoms with Gasteiger partial charge in [-0.25, -0.2) is 18.7 Å². The number of aromatic nitrogens is 5. The largest absolute Gasteiger partial charge is 0.501 e. The highest BCUT2D eigenvalue weighted by molar-refractivity contribution is 6.13. The van der Waals surface area contributed by atoms with E-state index < -0.39 is 34.6 Å². The number of carbonyl (C=O) groups is 1. The van der Waals surface area contributed by atoms with Crippen LogP contribution in [-0.2, 0) is 0 Å². The van der Waals surface area contributed by atoms with Crippen molar-refractivity contribution in [2.75, 3.05) is 0 Å². The fourth-order valence-corrected chi connectivity index (χ4v) is 3.47. The molecule has 160 valence electrons. The molecule has 5 aromatic rings. The van der Waals surface area contributed by atoms with Gasteiger partial charge in [0.05, 0.1) is 18.1 Å². The van der Waals surface area contributed by atoms with Gasteiger partial charge in [0.15, 0.2) is 17.4 Å². The van der Waals surface area contributed by atoms with Gasteiger partial charge in [-0.05, 0) is 36.2 Å². The number of hydrogen-bond acceptors (Lipinski definition) is 6. The zero-order valence-electron chi connectivity index (χ0n) is 16.3. The zero-order chi connectivity index (χ0) is 22.6. The third-order valence-electron chi connectivity index (χ3n) is 4.94. The van der Waals surface area contributed by atoms with E-state index >= 15 is 0 Å². The molecule has 0 saturated carbocycles. The molecule has 0 aliphatic rings. The summed E-state index contributed by atoms with van der Waals surface area (Å²) in [5.74, 6) is -4.80. The summed E-state index contributed by atoms with van der Waals surface area (Å²) < 4.78 is 35.2. The lowest BCUT2D eigenvalue weighted by Gasteiger charge is -2.06. The number of furan rings is 1. The number of carbonyl (C=O) groups excluding carboxylic acids is 1. The number of H-pyrrole nitrogens is 2. The van der Waals surface area contributed by atoms with Crippen LogP contribution in [0.5, 0.6) is 11.6 Å². The monoisotopic (exact) mass is 438 g/mol. The Kier molecular flexibility index (Phi) is 4.26. The maximum atomic E-state index is 14.8. The first-order chi connectivity index (χ1) is 15.4. The summed E-state index contributed by atoms with van der Waals surface area (Å²) in [5.41, 5.74) is -0.421. The summed E-state index contributed by atoms with van der Waals surface area (Å²) in [5, 5.41) is 21.4. The molecule has 0 aliphatic carbocycles. The van der Waals surface area contributed by atoms with Crippen LogP contribution in [0.1, 0.15) is 21.9 Å². The van der Waals surface area contributed by atoms with Gasteiger partial charge in [-0.2, -0.15) is 4.57 Å². The van der Waals surface area contributed by atoms with Gasteiger partial charge in [-0.15, -0.1) is 0 Å². The van der Waals surface area contributed by atoms with Crippen molar-refractivity contribution in [3.8, 4) is 28.8 Å². The first-order valence-electron chi connectivity index (χ1n) is 9.31. The number of imidazole rings is 1. The quantitative estimate of drug-likeness (QED) is 0.370. The van der Waals surface area contributed by atoms with Crippen LogP contribution in [-0.4, -0.2) is 35.5 Å². The average Bonchev–Trinajstić information content (AvgIpc) is 3.48. The van der Waals surface area contributed by atoms with E-state index in [9.17, 15) is 23.8 Å². The van der Waals surface area contributed by atoms with Gasteiger partial charge in [0.1, 0.15) is 22.5 Å². The standard InChI is InChI=1S/C21H13F2N5O4/c1-9-5-6-13(32-9)17(29)14-16(10-3-2-4-11(22)15(10)23)28(20(31)18(14)30)21-24-7-12-19(27-21)26-8-25-12/h2-8,30-31H,1H3,(H,24,25,26,27)/p+1. The van der Waals surface area contributed by atoms with E-state index in [0.717, 1.165) is 10.6 Å². The molecule has 0 aliphatic heterocycles. The van der Waals surface area contributed by atoms with Crippen molar-refractivity contribution in [2.24, 2.45) is 0 Å². The van der Waals surface area contributed by atoms with Crippen molar-refractivity contribution in [1.29, 1.82) is 0 Å². The van der Waals surface area contributed by atoms with Gasteiger partial charge >= 0.3 is 11.8 Å². The number of fused-ring (bicyclic) bond motifs is 1. The summed E-state index contributed by atoms with van der Waals surface area (Å²) in [4.78, 5) is 27.1. The molecular weight excluding hydrogens is 424 g/mol. The van der Waals surface area contributed by atoms with Crippen LogP contribution in [0, 0.1) is 18.6 Å².